The predicted molar refractivity (Wildman–Crippen MR) is 105 cm³/mol. The molecule has 0 amide bonds. The lowest BCUT2D eigenvalue weighted by molar-refractivity contribution is -0.141. The molecule has 1 aliphatic carbocycles. The second-order valence-electron chi connectivity index (χ2n) is 6.98. The third-order valence-corrected chi connectivity index (χ3v) is 5.46. The minimum Gasteiger partial charge on any atom is -0.490 e. The van der Waals surface area contributed by atoms with Crippen LogP contribution in [-0.4, -0.2) is 23.0 Å². The lowest BCUT2D eigenvalue weighted by atomic mass is 9.98. The maximum absolute atomic E-state index is 12.8. The molecule has 1 N–H and O–H groups in total. The van der Waals surface area contributed by atoms with Gasteiger partial charge in [-0.3, -0.25) is 9.59 Å². The Morgan fingerprint density at radius 1 is 1.07 bits per heavy atom. The monoisotopic (exact) mass is 406 g/mol. The topological polar surface area (TPSA) is 63.6 Å². The molecular formula is C21H20Cl2O4. The molecule has 6 heteroatoms. The molecule has 2 aromatic carbocycles. The molecule has 1 aliphatic rings. The van der Waals surface area contributed by atoms with Crippen LogP contribution in [-0.2, 0) is 4.79 Å². The first-order chi connectivity index (χ1) is 12.8. The number of rotatable bonds is 5. The second-order valence-corrected chi connectivity index (χ2v) is 7.82. The Balaban J connectivity index is 1.82. The summed E-state index contributed by atoms with van der Waals surface area (Å²) in [4.78, 5) is 23.9. The van der Waals surface area contributed by atoms with Crippen LogP contribution in [0.15, 0.2) is 30.3 Å². The van der Waals surface area contributed by atoms with Gasteiger partial charge in [0.2, 0.25) is 0 Å². The van der Waals surface area contributed by atoms with Crippen LogP contribution < -0.4 is 4.74 Å². The van der Waals surface area contributed by atoms with E-state index in [1.165, 1.54) is 0 Å². The van der Waals surface area contributed by atoms with Gasteiger partial charge < -0.3 is 9.84 Å². The van der Waals surface area contributed by atoms with Gasteiger partial charge in [-0.25, -0.2) is 0 Å². The zero-order valence-corrected chi connectivity index (χ0v) is 16.6. The van der Waals surface area contributed by atoms with Gasteiger partial charge >= 0.3 is 5.97 Å². The number of carboxylic acid groups (broad SMARTS) is 1. The Labute approximate surface area is 168 Å². The van der Waals surface area contributed by atoms with Gasteiger partial charge in [0.15, 0.2) is 5.78 Å². The number of aliphatic carboxylic acids is 1. The van der Waals surface area contributed by atoms with Crippen molar-refractivity contribution < 1.29 is 19.4 Å². The molecule has 0 aliphatic heterocycles. The second kappa shape index (κ2) is 7.91. The summed E-state index contributed by atoms with van der Waals surface area (Å²) in [6.45, 7) is 3.76. The molecule has 2 atom stereocenters. The highest BCUT2D eigenvalue weighted by molar-refractivity contribution is 6.37. The number of aryl methyl sites for hydroxylation is 2. The van der Waals surface area contributed by atoms with Crippen LogP contribution in [0.4, 0.5) is 0 Å². The quantitative estimate of drug-likeness (QED) is 0.668. The van der Waals surface area contributed by atoms with E-state index in [-0.39, 0.29) is 17.8 Å². The van der Waals surface area contributed by atoms with Gasteiger partial charge in [-0.15, -0.1) is 0 Å². The smallest absolute Gasteiger partial charge is 0.306 e. The number of ketones is 1. The van der Waals surface area contributed by atoms with Gasteiger partial charge in [0.1, 0.15) is 5.75 Å². The molecule has 0 bridgehead atoms. The molecule has 0 saturated heterocycles. The fourth-order valence-corrected chi connectivity index (χ4v) is 4.03. The molecular weight excluding hydrogens is 387 g/mol. The van der Waals surface area contributed by atoms with E-state index in [4.69, 9.17) is 33.0 Å². The molecule has 0 aromatic heterocycles. The number of hydrogen-bond donors (Lipinski definition) is 1. The van der Waals surface area contributed by atoms with E-state index < -0.39 is 5.97 Å². The van der Waals surface area contributed by atoms with Gasteiger partial charge in [-0.05, 0) is 74.6 Å². The van der Waals surface area contributed by atoms with E-state index in [1.54, 1.807) is 30.3 Å². The molecule has 0 radical (unpaired) electrons. The molecule has 0 heterocycles. The van der Waals surface area contributed by atoms with Crippen molar-refractivity contribution in [3.05, 3.63) is 62.6 Å². The summed E-state index contributed by atoms with van der Waals surface area (Å²) in [6.07, 6.45) is 1.74. The predicted octanol–water partition coefficient (Wildman–Crippen LogP) is 5.47. The average Bonchev–Trinajstić information content (AvgIpc) is 3.06. The first-order valence-electron chi connectivity index (χ1n) is 8.76. The van der Waals surface area contributed by atoms with Crippen LogP contribution in [0.3, 0.4) is 0 Å². The Kier molecular flexibility index (Phi) is 5.78. The van der Waals surface area contributed by atoms with Gasteiger partial charge in [-0.2, -0.15) is 0 Å². The summed E-state index contributed by atoms with van der Waals surface area (Å²) >= 11 is 12.1. The maximum Gasteiger partial charge on any atom is 0.306 e. The first-order valence-corrected chi connectivity index (χ1v) is 9.52. The molecule has 3 rings (SSSR count). The Morgan fingerprint density at radius 2 is 1.74 bits per heavy atom. The van der Waals surface area contributed by atoms with Crippen LogP contribution in [0, 0.1) is 19.8 Å². The number of ether oxygens (including phenoxy) is 1. The van der Waals surface area contributed by atoms with Crippen LogP contribution in [0.2, 0.25) is 10.0 Å². The minimum absolute atomic E-state index is 0.115. The zero-order valence-electron chi connectivity index (χ0n) is 15.1. The minimum atomic E-state index is -0.768. The molecule has 0 spiro atoms. The summed E-state index contributed by atoms with van der Waals surface area (Å²) in [5.74, 6) is -0.579. The third-order valence-electron chi connectivity index (χ3n) is 4.92. The van der Waals surface area contributed by atoms with Gasteiger partial charge in [0.05, 0.1) is 17.0 Å². The maximum atomic E-state index is 12.8. The van der Waals surface area contributed by atoms with Crippen molar-refractivity contribution in [2.75, 3.05) is 0 Å². The van der Waals surface area contributed by atoms with E-state index in [0.29, 0.717) is 39.8 Å². The molecule has 0 unspecified atom stereocenters. The van der Waals surface area contributed by atoms with Crippen molar-refractivity contribution in [2.24, 2.45) is 5.92 Å². The SMILES string of the molecule is Cc1cc(C(=O)c2ccc(Cl)cc2Cl)cc(C)c1O[C@H]1CC[C@H](C(=O)O)C1. The number of benzene rings is 2. The molecule has 4 nitrogen and oxygen atoms in total. The lowest BCUT2D eigenvalue weighted by Crippen LogP contribution is -2.16. The Morgan fingerprint density at radius 3 is 2.30 bits per heavy atom. The molecule has 27 heavy (non-hydrogen) atoms. The van der Waals surface area contributed by atoms with E-state index in [9.17, 15) is 9.59 Å². The lowest BCUT2D eigenvalue weighted by Gasteiger charge is -2.18. The van der Waals surface area contributed by atoms with Gasteiger partial charge in [-0.1, -0.05) is 23.2 Å². The number of carbonyl (C=O) groups excluding carboxylic acids is 1. The Bertz CT molecular complexity index is 884. The summed E-state index contributed by atoms with van der Waals surface area (Å²) in [5, 5.41) is 9.93. The van der Waals surface area contributed by atoms with E-state index in [2.05, 4.69) is 0 Å². The first kappa shape index (κ1) is 19.7. The van der Waals surface area contributed by atoms with Crippen molar-refractivity contribution >= 4 is 35.0 Å². The number of halogens is 2. The fraction of sp³-hybridized carbons (Fsp3) is 0.333. The highest BCUT2D eigenvalue weighted by atomic mass is 35.5. The summed E-state index contributed by atoms with van der Waals surface area (Å²) in [5.41, 5.74) is 2.59. The third kappa shape index (κ3) is 4.28. The van der Waals surface area contributed by atoms with Gasteiger partial charge in [0.25, 0.3) is 0 Å². The van der Waals surface area contributed by atoms with Crippen LogP contribution in [0.1, 0.15) is 46.3 Å². The molecule has 1 saturated carbocycles. The standard InChI is InChI=1S/C21H20Cl2O4/c1-11-7-14(19(24)17-6-4-15(22)10-18(17)23)8-12(2)20(11)27-16-5-3-13(9-16)21(25)26/h4,6-8,10,13,16H,3,5,9H2,1-2H3,(H,25,26)/t13-,16-/m0/s1. The van der Waals surface area contributed by atoms with Crippen molar-refractivity contribution in [1.29, 1.82) is 0 Å². The normalized spacial score (nSPS) is 19.1. The molecule has 1 fully saturated rings. The van der Waals surface area contributed by atoms with Crippen LogP contribution in [0.25, 0.3) is 0 Å². The highest BCUT2D eigenvalue weighted by Gasteiger charge is 2.31. The number of carbonyl (C=O) groups is 2. The van der Waals surface area contributed by atoms with Crippen molar-refractivity contribution in [3.63, 3.8) is 0 Å². The van der Waals surface area contributed by atoms with E-state index in [1.807, 2.05) is 13.8 Å². The highest BCUT2D eigenvalue weighted by Crippen LogP contribution is 2.34. The zero-order chi connectivity index (χ0) is 19.7. The largest absolute Gasteiger partial charge is 0.490 e. The molecule has 2 aromatic rings. The van der Waals surface area contributed by atoms with Crippen molar-refractivity contribution in [3.8, 4) is 5.75 Å². The Hall–Kier alpha value is -2.04. The summed E-state index contributed by atoms with van der Waals surface area (Å²) in [7, 11) is 0. The number of carboxylic acids is 1. The van der Waals surface area contributed by atoms with Crippen LogP contribution in [0.5, 0.6) is 5.75 Å². The van der Waals surface area contributed by atoms with E-state index in [0.717, 1.165) is 17.5 Å². The average molecular weight is 407 g/mol. The van der Waals surface area contributed by atoms with Crippen molar-refractivity contribution in [2.45, 2.75) is 39.2 Å². The molecule has 142 valence electrons. The van der Waals surface area contributed by atoms with E-state index >= 15 is 0 Å². The summed E-state index contributed by atoms with van der Waals surface area (Å²) < 4.78 is 6.08. The number of hydrogen-bond acceptors (Lipinski definition) is 3. The van der Waals surface area contributed by atoms with Gasteiger partial charge in [0, 0.05) is 16.1 Å². The fourth-order valence-electron chi connectivity index (χ4n) is 3.53. The van der Waals surface area contributed by atoms with Crippen LogP contribution >= 0.6 is 23.2 Å². The summed E-state index contributed by atoms with van der Waals surface area (Å²) in [6, 6.07) is 8.36. The van der Waals surface area contributed by atoms with Crippen molar-refractivity contribution in [1.82, 2.24) is 0 Å².